The van der Waals surface area contributed by atoms with E-state index >= 15 is 0 Å². The molecule has 0 amide bonds. The third-order valence-electron chi connectivity index (χ3n) is 1.39. The molecule has 0 bridgehead atoms. The largest absolute Gasteiger partial charge is 0.394 e. The molecule has 3 atom stereocenters. The number of aliphatic hydroxyl groups is 5. The van der Waals surface area contributed by atoms with E-state index in [1.54, 1.807) is 12.5 Å². The lowest BCUT2D eigenvalue weighted by atomic mass is 10.1. The van der Waals surface area contributed by atoms with Crippen molar-refractivity contribution in [3.8, 4) is 0 Å². The van der Waals surface area contributed by atoms with Crippen LogP contribution in [0.4, 0.5) is 0 Å². The highest BCUT2D eigenvalue weighted by Gasteiger charge is 2.28. The van der Waals surface area contributed by atoms with Gasteiger partial charge in [-0.1, -0.05) is 0 Å². The molecular formula is C8H18O7S. The minimum atomic E-state index is -1.86. The molecule has 0 aliphatic carbocycles. The van der Waals surface area contributed by atoms with Gasteiger partial charge in [-0.2, -0.15) is 0 Å². The molecular weight excluding hydrogens is 240 g/mol. The summed E-state index contributed by atoms with van der Waals surface area (Å²) < 4.78 is 9.56. The molecule has 0 spiro atoms. The van der Waals surface area contributed by atoms with Crippen molar-refractivity contribution >= 4 is 16.6 Å². The molecule has 8 heteroatoms. The van der Waals surface area contributed by atoms with Crippen molar-refractivity contribution in [2.24, 2.45) is 0 Å². The molecule has 16 heavy (non-hydrogen) atoms. The van der Waals surface area contributed by atoms with Gasteiger partial charge >= 0.3 is 0 Å². The predicted octanol–water partition coefficient (Wildman–Crippen LogP) is -3.38. The number of aliphatic hydroxyl groups excluding tert-OH is 5. The maximum Gasteiger partial charge on any atom is 0.189 e. The number of hydrogen-bond acceptors (Lipinski definition) is 7. The number of hydrogen-bond donors (Lipinski definition) is 5. The zero-order valence-electron chi connectivity index (χ0n) is 9.11. The van der Waals surface area contributed by atoms with Crippen molar-refractivity contribution in [2.75, 3.05) is 25.7 Å². The maximum atomic E-state index is 10.5. The number of ketones is 1. The maximum absolute atomic E-state index is 10.5. The van der Waals surface area contributed by atoms with E-state index < -0.39 is 48.1 Å². The predicted molar refractivity (Wildman–Crippen MR) is 57.2 cm³/mol. The molecule has 0 saturated carbocycles. The number of carbonyl (C=O) groups is 1. The Labute approximate surface area is 95.8 Å². The highest BCUT2D eigenvalue weighted by Crippen LogP contribution is 2.00. The Bertz CT molecular complexity index is 216. The van der Waals surface area contributed by atoms with Crippen molar-refractivity contribution in [2.45, 2.75) is 18.3 Å². The van der Waals surface area contributed by atoms with E-state index in [1.807, 2.05) is 0 Å². The first-order valence-electron chi connectivity index (χ1n) is 4.31. The van der Waals surface area contributed by atoms with Gasteiger partial charge < -0.3 is 25.5 Å². The minimum Gasteiger partial charge on any atom is -0.394 e. The standard InChI is InChI=1S/C6H12O6.C2H6OS/c7-1-3(9)5(11)6(12)4(10)2-8;1-4(2)3/h3,5-9,11-12H,1-2H2;1-2H3/t3-,5+,6+;/m0./s1. The van der Waals surface area contributed by atoms with E-state index in [0.29, 0.717) is 0 Å². The quantitative estimate of drug-likeness (QED) is 0.347. The Balaban J connectivity index is 0. The first kappa shape index (κ1) is 18.0. The summed E-state index contributed by atoms with van der Waals surface area (Å²) in [6.45, 7) is -1.69. The highest BCUT2D eigenvalue weighted by molar-refractivity contribution is 7.83. The van der Waals surface area contributed by atoms with Crippen LogP contribution in [0.25, 0.3) is 0 Å². The normalized spacial score (nSPS) is 16.0. The van der Waals surface area contributed by atoms with Gasteiger partial charge in [0.15, 0.2) is 5.78 Å². The molecule has 0 aromatic carbocycles. The summed E-state index contributed by atoms with van der Waals surface area (Å²) in [4.78, 5) is 10.5. The zero-order valence-corrected chi connectivity index (χ0v) is 9.92. The van der Waals surface area contributed by atoms with E-state index in [9.17, 15) is 9.00 Å². The molecule has 0 saturated heterocycles. The fraction of sp³-hybridized carbons (Fsp3) is 0.875. The molecule has 0 rings (SSSR count). The van der Waals surface area contributed by atoms with Gasteiger partial charge in [-0.25, -0.2) is 0 Å². The molecule has 0 heterocycles. The summed E-state index contributed by atoms with van der Waals surface area (Å²) in [5.41, 5.74) is 0. The minimum absolute atomic E-state index is 0.611. The van der Waals surface area contributed by atoms with Gasteiger partial charge in [0.05, 0.1) is 6.61 Å². The molecule has 0 radical (unpaired) electrons. The topological polar surface area (TPSA) is 135 Å². The van der Waals surface area contributed by atoms with Crippen molar-refractivity contribution in [1.82, 2.24) is 0 Å². The van der Waals surface area contributed by atoms with E-state index in [0.717, 1.165) is 0 Å². The van der Waals surface area contributed by atoms with Gasteiger partial charge in [0.25, 0.3) is 0 Å². The second-order valence-corrected chi connectivity index (χ2v) is 4.53. The summed E-state index contributed by atoms with van der Waals surface area (Å²) in [5.74, 6) is -1.00. The Kier molecular flexibility index (Phi) is 11.0. The van der Waals surface area contributed by atoms with Gasteiger partial charge in [0.1, 0.15) is 24.9 Å². The van der Waals surface area contributed by atoms with E-state index in [4.69, 9.17) is 25.5 Å². The van der Waals surface area contributed by atoms with Crippen LogP contribution in [-0.4, -0.2) is 79.6 Å². The second kappa shape index (κ2) is 9.82. The molecule has 98 valence electrons. The lowest BCUT2D eigenvalue weighted by Crippen LogP contribution is -2.44. The Morgan fingerprint density at radius 2 is 1.56 bits per heavy atom. The lowest BCUT2D eigenvalue weighted by Gasteiger charge is -2.19. The average Bonchev–Trinajstić information content (AvgIpc) is 2.24. The third kappa shape index (κ3) is 8.89. The zero-order chi connectivity index (χ0) is 13.3. The molecule has 0 fully saturated rings. The Morgan fingerprint density at radius 3 is 1.81 bits per heavy atom. The van der Waals surface area contributed by atoms with Crippen LogP contribution in [-0.2, 0) is 15.6 Å². The number of Topliss-reactive ketones (excluding diaryl/α,β-unsaturated/α-hetero) is 1. The lowest BCUT2D eigenvalue weighted by molar-refractivity contribution is -0.142. The van der Waals surface area contributed by atoms with Crippen molar-refractivity contribution < 1.29 is 34.5 Å². The van der Waals surface area contributed by atoms with Crippen LogP contribution in [0.3, 0.4) is 0 Å². The van der Waals surface area contributed by atoms with Crippen LogP contribution in [0.15, 0.2) is 0 Å². The second-order valence-electron chi connectivity index (χ2n) is 3.05. The van der Waals surface area contributed by atoms with Crippen LogP contribution in [0.1, 0.15) is 0 Å². The molecule has 5 N–H and O–H groups in total. The molecule has 0 aliphatic rings. The van der Waals surface area contributed by atoms with Crippen molar-refractivity contribution in [1.29, 1.82) is 0 Å². The van der Waals surface area contributed by atoms with Crippen molar-refractivity contribution in [3.63, 3.8) is 0 Å². The van der Waals surface area contributed by atoms with Crippen LogP contribution in [0.2, 0.25) is 0 Å². The molecule has 0 aromatic rings. The summed E-state index contributed by atoms with van der Waals surface area (Å²) in [6.07, 6.45) is -1.94. The Hall–Kier alpha value is -0.380. The van der Waals surface area contributed by atoms with Crippen LogP contribution >= 0.6 is 0 Å². The van der Waals surface area contributed by atoms with Gasteiger partial charge in [-0.05, 0) is 0 Å². The molecule has 0 aromatic heterocycles. The van der Waals surface area contributed by atoms with Gasteiger partial charge in [-0.15, -0.1) is 0 Å². The van der Waals surface area contributed by atoms with Crippen LogP contribution < -0.4 is 0 Å². The molecule has 0 unspecified atom stereocenters. The fourth-order valence-electron chi connectivity index (χ4n) is 0.602. The van der Waals surface area contributed by atoms with Crippen molar-refractivity contribution in [3.05, 3.63) is 0 Å². The highest BCUT2D eigenvalue weighted by atomic mass is 32.2. The fourth-order valence-corrected chi connectivity index (χ4v) is 0.602. The van der Waals surface area contributed by atoms with Gasteiger partial charge in [0.2, 0.25) is 0 Å². The summed E-state index contributed by atoms with van der Waals surface area (Å²) >= 11 is 0. The third-order valence-corrected chi connectivity index (χ3v) is 1.39. The van der Waals surface area contributed by atoms with Gasteiger partial charge in [0, 0.05) is 23.3 Å². The number of rotatable bonds is 5. The van der Waals surface area contributed by atoms with Crippen LogP contribution in [0, 0.1) is 0 Å². The first-order valence-corrected chi connectivity index (χ1v) is 6.28. The van der Waals surface area contributed by atoms with E-state index in [-0.39, 0.29) is 0 Å². The van der Waals surface area contributed by atoms with Gasteiger partial charge in [-0.3, -0.25) is 9.00 Å². The molecule has 0 aliphatic heterocycles. The average molecular weight is 258 g/mol. The summed E-state index contributed by atoms with van der Waals surface area (Å²) in [7, 11) is -0.611. The van der Waals surface area contributed by atoms with Crippen LogP contribution in [0.5, 0.6) is 0 Å². The summed E-state index contributed by atoms with van der Waals surface area (Å²) in [5, 5.41) is 43.1. The summed E-state index contributed by atoms with van der Waals surface area (Å²) in [6, 6.07) is 0. The monoisotopic (exact) mass is 258 g/mol. The Morgan fingerprint density at radius 1 is 1.19 bits per heavy atom. The van der Waals surface area contributed by atoms with E-state index in [2.05, 4.69) is 0 Å². The van der Waals surface area contributed by atoms with E-state index in [1.165, 1.54) is 0 Å². The number of carbonyl (C=O) groups excluding carboxylic acids is 1. The molecule has 7 nitrogen and oxygen atoms in total. The smallest absolute Gasteiger partial charge is 0.189 e. The SMILES string of the molecule is CS(C)=O.O=C(CO)[C@@H](O)[C@H](O)[C@@H](O)CO. The first-order chi connectivity index (χ1) is 7.27.